The summed E-state index contributed by atoms with van der Waals surface area (Å²) in [4.78, 5) is 9.52. The quantitative estimate of drug-likeness (QED) is 0.350. The molecule has 0 amide bonds. The Balaban J connectivity index is 0.00000300. The smallest absolute Gasteiger partial charge is 0.191 e. The van der Waals surface area contributed by atoms with Gasteiger partial charge in [-0.05, 0) is 25.8 Å². The van der Waals surface area contributed by atoms with Gasteiger partial charge in [0, 0.05) is 37.4 Å². The highest BCUT2D eigenvalue weighted by atomic mass is 127. The average molecular weight is 510 g/mol. The van der Waals surface area contributed by atoms with Gasteiger partial charge in [-0.2, -0.15) is 5.10 Å². The average Bonchev–Trinajstić information content (AvgIpc) is 3.10. The van der Waals surface area contributed by atoms with Gasteiger partial charge >= 0.3 is 0 Å². The van der Waals surface area contributed by atoms with Crippen molar-refractivity contribution in [2.45, 2.75) is 71.9 Å². The van der Waals surface area contributed by atoms with E-state index in [1.54, 1.807) is 0 Å². The van der Waals surface area contributed by atoms with Crippen LogP contribution in [0.1, 0.15) is 68.7 Å². The number of fused-ring (bicyclic) bond motifs is 1. The molecule has 0 saturated carbocycles. The number of aryl methyl sites for hydroxylation is 2. The summed E-state index contributed by atoms with van der Waals surface area (Å²) < 4.78 is 2.06. The van der Waals surface area contributed by atoms with Gasteiger partial charge < -0.3 is 10.6 Å². The fourth-order valence-electron chi connectivity index (χ4n) is 3.43. The minimum atomic E-state index is 0. The van der Waals surface area contributed by atoms with E-state index in [1.165, 1.54) is 11.1 Å². The Morgan fingerprint density at radius 3 is 2.62 bits per heavy atom. The van der Waals surface area contributed by atoms with Crippen LogP contribution in [-0.4, -0.2) is 39.9 Å². The molecule has 2 unspecified atom stereocenters. The maximum atomic E-state index is 4.84. The normalized spacial score (nSPS) is 17.4. The summed E-state index contributed by atoms with van der Waals surface area (Å²) >= 11 is 0. The van der Waals surface area contributed by atoms with Crippen molar-refractivity contribution < 1.29 is 0 Å². The first-order chi connectivity index (χ1) is 13.5. The molecular weight excluding hydrogens is 475 g/mol. The lowest BCUT2D eigenvalue weighted by atomic mass is 10.0. The molecule has 0 bridgehead atoms. The van der Waals surface area contributed by atoms with Crippen molar-refractivity contribution in [3.05, 3.63) is 47.0 Å². The molecule has 160 valence electrons. The first kappa shape index (κ1) is 23.6. The zero-order chi connectivity index (χ0) is 20.1. The summed E-state index contributed by atoms with van der Waals surface area (Å²) in [7, 11) is 0. The van der Waals surface area contributed by atoms with Crippen molar-refractivity contribution in [3.8, 4) is 0 Å². The third-order valence-corrected chi connectivity index (χ3v) is 5.25. The predicted octanol–water partition coefficient (Wildman–Crippen LogP) is 4.00. The van der Waals surface area contributed by atoms with E-state index in [0.29, 0.717) is 17.9 Å². The molecule has 2 atom stereocenters. The number of aliphatic imine (C=N–C) groups is 1. The first-order valence-electron chi connectivity index (χ1n) is 10.5. The Morgan fingerprint density at radius 2 is 1.97 bits per heavy atom. The third kappa shape index (κ3) is 6.42. The van der Waals surface area contributed by atoms with E-state index in [0.717, 1.165) is 50.1 Å². The maximum Gasteiger partial charge on any atom is 0.191 e. The Hall–Kier alpha value is -1.64. The van der Waals surface area contributed by atoms with Crippen LogP contribution < -0.4 is 10.6 Å². The van der Waals surface area contributed by atoms with E-state index in [-0.39, 0.29) is 24.0 Å². The van der Waals surface area contributed by atoms with Crippen molar-refractivity contribution in [2.75, 3.05) is 13.1 Å². The van der Waals surface area contributed by atoms with Gasteiger partial charge in [0.05, 0.1) is 6.54 Å². The fraction of sp³-hybridized carbons (Fsp3) is 0.591. The minimum absolute atomic E-state index is 0. The maximum absolute atomic E-state index is 4.84. The molecule has 6 nitrogen and oxygen atoms in total. The largest absolute Gasteiger partial charge is 0.357 e. The summed E-state index contributed by atoms with van der Waals surface area (Å²) in [6, 6.07) is 9.07. The van der Waals surface area contributed by atoms with Gasteiger partial charge in [0.1, 0.15) is 5.82 Å². The number of aromatic nitrogens is 3. The molecular formula is C22H35IN6. The summed E-state index contributed by atoms with van der Waals surface area (Å²) in [5.41, 5.74) is 2.62. The molecule has 1 aliphatic heterocycles. The van der Waals surface area contributed by atoms with Crippen LogP contribution in [0.25, 0.3) is 0 Å². The predicted molar refractivity (Wildman–Crippen MR) is 130 cm³/mol. The second-order valence-corrected chi connectivity index (χ2v) is 8.13. The molecule has 2 N–H and O–H groups in total. The van der Waals surface area contributed by atoms with Gasteiger partial charge in [0.2, 0.25) is 0 Å². The van der Waals surface area contributed by atoms with Gasteiger partial charge in [0.15, 0.2) is 11.8 Å². The van der Waals surface area contributed by atoms with E-state index >= 15 is 0 Å². The van der Waals surface area contributed by atoms with Gasteiger partial charge in [-0.15, -0.1) is 24.0 Å². The second kappa shape index (κ2) is 10.9. The first-order valence-corrected chi connectivity index (χ1v) is 10.5. The number of halogens is 1. The number of guanidine groups is 1. The van der Waals surface area contributed by atoms with Gasteiger partial charge in [-0.25, -0.2) is 9.67 Å². The van der Waals surface area contributed by atoms with Crippen LogP contribution in [0.15, 0.2) is 29.3 Å². The molecule has 0 aliphatic carbocycles. The van der Waals surface area contributed by atoms with Crippen LogP contribution in [-0.2, 0) is 13.0 Å². The van der Waals surface area contributed by atoms with E-state index in [1.807, 2.05) is 0 Å². The molecule has 2 heterocycles. The van der Waals surface area contributed by atoms with Crippen molar-refractivity contribution in [2.24, 2.45) is 4.99 Å². The Labute approximate surface area is 192 Å². The van der Waals surface area contributed by atoms with E-state index in [2.05, 4.69) is 84.3 Å². The molecule has 1 aromatic carbocycles. The molecule has 1 aliphatic rings. The Kier molecular flexibility index (Phi) is 8.92. The van der Waals surface area contributed by atoms with Crippen LogP contribution in [0.3, 0.4) is 0 Å². The molecule has 29 heavy (non-hydrogen) atoms. The van der Waals surface area contributed by atoms with Crippen LogP contribution in [0.4, 0.5) is 0 Å². The third-order valence-electron chi connectivity index (χ3n) is 5.25. The number of rotatable bonds is 6. The molecule has 0 radical (unpaired) electrons. The van der Waals surface area contributed by atoms with Crippen molar-refractivity contribution in [3.63, 3.8) is 0 Å². The molecule has 0 saturated heterocycles. The molecule has 1 aromatic heterocycles. The van der Waals surface area contributed by atoms with Crippen molar-refractivity contribution >= 4 is 29.9 Å². The minimum Gasteiger partial charge on any atom is -0.357 e. The van der Waals surface area contributed by atoms with Crippen LogP contribution in [0.2, 0.25) is 0 Å². The summed E-state index contributed by atoms with van der Waals surface area (Å²) in [6.45, 7) is 13.2. The lowest BCUT2D eigenvalue weighted by Gasteiger charge is -2.25. The van der Waals surface area contributed by atoms with E-state index in [9.17, 15) is 0 Å². The summed E-state index contributed by atoms with van der Waals surface area (Å²) in [6.07, 6.45) is 2.00. The monoisotopic (exact) mass is 510 g/mol. The molecule has 2 aromatic rings. The molecule has 0 fully saturated rings. The number of benzene rings is 1. The van der Waals surface area contributed by atoms with Gasteiger partial charge in [0.25, 0.3) is 0 Å². The SMILES string of the molecule is CCNC(=NCC(C)c1ccc(C)cc1)NC1CCc2nc(C(C)C)nn2C1.I. The lowest BCUT2D eigenvalue weighted by molar-refractivity contribution is 0.391. The highest BCUT2D eigenvalue weighted by Gasteiger charge is 2.23. The van der Waals surface area contributed by atoms with Crippen LogP contribution in [0.5, 0.6) is 0 Å². The number of nitrogens with one attached hydrogen (secondary N) is 2. The summed E-state index contributed by atoms with van der Waals surface area (Å²) in [5.74, 6) is 3.70. The van der Waals surface area contributed by atoms with E-state index < -0.39 is 0 Å². The van der Waals surface area contributed by atoms with Crippen molar-refractivity contribution in [1.82, 2.24) is 25.4 Å². The van der Waals surface area contributed by atoms with E-state index in [4.69, 9.17) is 4.99 Å². The Morgan fingerprint density at radius 1 is 1.24 bits per heavy atom. The van der Waals surface area contributed by atoms with Crippen molar-refractivity contribution in [1.29, 1.82) is 0 Å². The Bertz CT molecular complexity index is 796. The molecule has 3 rings (SSSR count). The van der Waals surface area contributed by atoms with Crippen LogP contribution >= 0.6 is 24.0 Å². The zero-order valence-electron chi connectivity index (χ0n) is 18.3. The number of nitrogens with zero attached hydrogens (tertiary/aromatic N) is 4. The second-order valence-electron chi connectivity index (χ2n) is 8.13. The highest BCUT2D eigenvalue weighted by Crippen LogP contribution is 2.18. The highest BCUT2D eigenvalue weighted by molar-refractivity contribution is 14.0. The topological polar surface area (TPSA) is 67.1 Å². The number of hydrogen-bond acceptors (Lipinski definition) is 3. The van der Waals surface area contributed by atoms with Gasteiger partial charge in [-0.3, -0.25) is 4.99 Å². The van der Waals surface area contributed by atoms with Crippen LogP contribution in [0, 0.1) is 6.92 Å². The zero-order valence-corrected chi connectivity index (χ0v) is 20.6. The molecule has 7 heteroatoms. The standard InChI is InChI=1S/C22H34N6.HI/c1-6-23-22(24-13-17(5)18-9-7-16(4)8-10-18)25-19-11-12-20-26-21(15(2)3)27-28(20)14-19;/h7-10,15,17,19H,6,11-14H2,1-5H3,(H2,23,24,25);1H. The fourth-order valence-corrected chi connectivity index (χ4v) is 3.43. The lowest BCUT2D eigenvalue weighted by Crippen LogP contribution is -2.47. The number of hydrogen-bond donors (Lipinski definition) is 2. The summed E-state index contributed by atoms with van der Waals surface area (Å²) in [5, 5.41) is 11.7. The van der Waals surface area contributed by atoms with Gasteiger partial charge in [-0.1, -0.05) is 50.6 Å². The molecule has 0 spiro atoms.